The van der Waals surface area contributed by atoms with E-state index in [-0.39, 0.29) is 17.2 Å². The number of aryl methyl sites for hydroxylation is 2. The van der Waals surface area contributed by atoms with E-state index in [1.807, 2.05) is 13.0 Å². The highest BCUT2D eigenvalue weighted by Gasteiger charge is 2.23. The number of carbonyl (C=O) groups is 2. The Balaban J connectivity index is 1.83. The lowest BCUT2D eigenvalue weighted by Crippen LogP contribution is -2.26. The van der Waals surface area contributed by atoms with E-state index >= 15 is 0 Å². The number of anilines is 1. The molecule has 0 radical (unpaired) electrons. The second-order valence-corrected chi connectivity index (χ2v) is 8.17. The van der Waals surface area contributed by atoms with Gasteiger partial charge in [0.05, 0.1) is 22.1 Å². The molecule has 2 N–H and O–H groups in total. The molecule has 1 aliphatic rings. The molecule has 0 spiro atoms. The Labute approximate surface area is 174 Å². The third kappa shape index (κ3) is 4.96. The summed E-state index contributed by atoms with van der Waals surface area (Å²) in [7, 11) is 0. The van der Waals surface area contributed by atoms with Gasteiger partial charge >= 0.3 is 5.97 Å². The number of benzene rings is 1. The number of carbonyl (C=O) groups excluding carboxylic acids is 1. The monoisotopic (exact) mass is 409 g/mol. The predicted octanol–water partition coefficient (Wildman–Crippen LogP) is 4.43. The molecular formula is C22H23N3O3S. The number of carboxylic acids is 1. The average Bonchev–Trinajstić information content (AvgIpc) is 2.96. The maximum atomic E-state index is 12.8. The zero-order valence-corrected chi connectivity index (χ0v) is 17.1. The minimum Gasteiger partial charge on any atom is -0.478 e. The summed E-state index contributed by atoms with van der Waals surface area (Å²) in [6.45, 7) is 1.88. The van der Waals surface area contributed by atoms with E-state index in [0.717, 1.165) is 43.4 Å². The van der Waals surface area contributed by atoms with Crippen molar-refractivity contribution in [1.82, 2.24) is 4.98 Å². The summed E-state index contributed by atoms with van der Waals surface area (Å²) in [6.07, 6.45) is 5.70. The minimum absolute atomic E-state index is 0.0431. The van der Waals surface area contributed by atoms with Crippen LogP contribution in [0.15, 0.2) is 35.4 Å². The number of aromatic nitrogens is 1. The number of nitrogens with zero attached hydrogens (tertiary/aromatic N) is 2. The fourth-order valence-corrected chi connectivity index (χ4v) is 4.41. The van der Waals surface area contributed by atoms with Gasteiger partial charge in [0.15, 0.2) is 0 Å². The van der Waals surface area contributed by atoms with E-state index in [1.54, 1.807) is 18.2 Å². The lowest BCUT2D eigenvalue weighted by Gasteiger charge is -2.17. The average molecular weight is 410 g/mol. The van der Waals surface area contributed by atoms with Crippen molar-refractivity contribution in [2.75, 3.05) is 5.32 Å². The molecule has 1 heterocycles. The number of pyridine rings is 1. The highest BCUT2D eigenvalue weighted by molar-refractivity contribution is 8.00. The molecule has 0 fully saturated rings. The first-order chi connectivity index (χ1) is 14.0. The third-order valence-electron chi connectivity index (χ3n) is 4.97. The summed E-state index contributed by atoms with van der Waals surface area (Å²) in [4.78, 5) is 28.9. The number of aromatic carboxylic acids is 1. The van der Waals surface area contributed by atoms with E-state index in [2.05, 4.69) is 11.4 Å². The Kier molecular flexibility index (Phi) is 6.89. The van der Waals surface area contributed by atoms with E-state index in [1.165, 1.54) is 17.8 Å². The van der Waals surface area contributed by atoms with Gasteiger partial charge < -0.3 is 10.4 Å². The predicted molar refractivity (Wildman–Crippen MR) is 112 cm³/mol. The normalized spacial score (nSPS) is 14.2. The lowest BCUT2D eigenvalue weighted by atomic mass is 10.1. The Bertz CT molecular complexity index is 968. The first kappa shape index (κ1) is 20.9. The molecular weight excluding hydrogens is 386 g/mol. The molecule has 1 unspecified atom stereocenters. The van der Waals surface area contributed by atoms with Crippen molar-refractivity contribution in [2.24, 2.45) is 0 Å². The van der Waals surface area contributed by atoms with Gasteiger partial charge in [0, 0.05) is 5.69 Å². The number of amides is 1. The van der Waals surface area contributed by atoms with Gasteiger partial charge in [-0.05, 0) is 55.9 Å². The number of hydrogen-bond donors (Lipinski definition) is 2. The van der Waals surface area contributed by atoms with Crippen molar-refractivity contribution in [2.45, 2.75) is 55.7 Å². The van der Waals surface area contributed by atoms with Crippen LogP contribution in [0.25, 0.3) is 0 Å². The van der Waals surface area contributed by atoms with Gasteiger partial charge in [-0.3, -0.25) is 4.79 Å². The van der Waals surface area contributed by atoms with Crippen molar-refractivity contribution >= 4 is 29.3 Å². The number of nitriles is 1. The molecule has 29 heavy (non-hydrogen) atoms. The standard InChI is InChI=1S/C22H23N3O3S/c1-2-19(20(26)24-18-11-7-6-9-16(18)22(27)28)29-21-15(13-23)12-14-8-4-3-5-10-17(14)25-21/h6-7,9,11-12,19H,2-5,8,10H2,1H3,(H,24,26)(H,27,28). The molecule has 1 aromatic carbocycles. The number of para-hydroxylation sites is 1. The smallest absolute Gasteiger partial charge is 0.337 e. The van der Waals surface area contributed by atoms with Crippen LogP contribution < -0.4 is 5.32 Å². The van der Waals surface area contributed by atoms with Crippen LogP contribution in [0.5, 0.6) is 0 Å². The molecule has 1 aliphatic carbocycles. The van der Waals surface area contributed by atoms with E-state index < -0.39 is 11.2 Å². The quantitative estimate of drug-likeness (QED) is 0.540. The molecule has 7 heteroatoms. The summed E-state index contributed by atoms with van der Waals surface area (Å²) in [5.74, 6) is -1.40. The van der Waals surface area contributed by atoms with Crippen LogP contribution in [0.2, 0.25) is 0 Å². The van der Waals surface area contributed by atoms with Crippen LogP contribution in [-0.2, 0) is 17.6 Å². The third-order valence-corrected chi connectivity index (χ3v) is 6.34. The van der Waals surface area contributed by atoms with Crippen molar-refractivity contribution in [3.05, 3.63) is 52.7 Å². The number of carboxylic acid groups (broad SMARTS) is 1. The zero-order valence-electron chi connectivity index (χ0n) is 16.3. The number of nitrogens with one attached hydrogen (secondary N) is 1. The SMILES string of the molecule is CCC(Sc1nc2c(cc1C#N)CCCCC2)C(=O)Nc1ccccc1C(=O)O. The molecule has 0 bridgehead atoms. The number of rotatable bonds is 6. The van der Waals surface area contributed by atoms with Crippen LogP contribution in [0.1, 0.15) is 59.8 Å². The maximum Gasteiger partial charge on any atom is 0.337 e. The molecule has 2 aromatic rings. The van der Waals surface area contributed by atoms with Crippen molar-refractivity contribution in [3.63, 3.8) is 0 Å². The van der Waals surface area contributed by atoms with Crippen molar-refractivity contribution in [1.29, 1.82) is 5.26 Å². The summed E-state index contributed by atoms with van der Waals surface area (Å²) in [5, 5.41) is 21.7. The second kappa shape index (κ2) is 9.57. The number of hydrogen-bond acceptors (Lipinski definition) is 5. The van der Waals surface area contributed by atoms with E-state index in [9.17, 15) is 20.0 Å². The number of fused-ring (bicyclic) bond motifs is 1. The summed E-state index contributed by atoms with van der Waals surface area (Å²) < 4.78 is 0. The van der Waals surface area contributed by atoms with Gasteiger partial charge in [0.2, 0.25) is 5.91 Å². The Morgan fingerprint density at radius 2 is 2.03 bits per heavy atom. The Morgan fingerprint density at radius 1 is 1.28 bits per heavy atom. The van der Waals surface area contributed by atoms with Crippen LogP contribution in [0, 0.1) is 11.3 Å². The molecule has 0 saturated heterocycles. The van der Waals surface area contributed by atoms with Crippen molar-refractivity contribution in [3.8, 4) is 6.07 Å². The fraction of sp³-hybridized carbons (Fsp3) is 0.364. The lowest BCUT2D eigenvalue weighted by molar-refractivity contribution is -0.115. The van der Waals surface area contributed by atoms with Crippen LogP contribution in [0.3, 0.4) is 0 Å². The highest BCUT2D eigenvalue weighted by Crippen LogP contribution is 2.31. The highest BCUT2D eigenvalue weighted by atomic mass is 32.2. The second-order valence-electron chi connectivity index (χ2n) is 6.97. The van der Waals surface area contributed by atoms with Gasteiger partial charge in [-0.25, -0.2) is 9.78 Å². The van der Waals surface area contributed by atoms with Crippen LogP contribution in [0.4, 0.5) is 5.69 Å². The minimum atomic E-state index is -1.10. The Hall–Kier alpha value is -2.85. The van der Waals surface area contributed by atoms with Gasteiger partial charge in [0.25, 0.3) is 0 Å². The van der Waals surface area contributed by atoms with Crippen molar-refractivity contribution < 1.29 is 14.7 Å². The molecule has 150 valence electrons. The molecule has 3 rings (SSSR count). The first-order valence-corrected chi connectivity index (χ1v) is 10.6. The molecule has 1 aromatic heterocycles. The fourth-order valence-electron chi connectivity index (χ4n) is 3.41. The molecule has 1 amide bonds. The topological polar surface area (TPSA) is 103 Å². The number of thioether (sulfide) groups is 1. The van der Waals surface area contributed by atoms with Crippen LogP contribution >= 0.6 is 11.8 Å². The Morgan fingerprint density at radius 3 is 2.76 bits per heavy atom. The summed E-state index contributed by atoms with van der Waals surface area (Å²) >= 11 is 1.27. The molecule has 1 atom stereocenters. The first-order valence-electron chi connectivity index (χ1n) is 9.76. The van der Waals surface area contributed by atoms with Gasteiger partial charge in [0.1, 0.15) is 11.1 Å². The van der Waals surface area contributed by atoms with E-state index in [4.69, 9.17) is 4.98 Å². The van der Waals surface area contributed by atoms with Gasteiger partial charge in [-0.1, -0.05) is 37.2 Å². The zero-order chi connectivity index (χ0) is 20.8. The van der Waals surface area contributed by atoms with E-state index in [0.29, 0.717) is 17.0 Å². The molecule has 0 aliphatic heterocycles. The van der Waals surface area contributed by atoms with Gasteiger partial charge in [-0.15, -0.1) is 0 Å². The van der Waals surface area contributed by atoms with Crippen LogP contribution in [-0.4, -0.2) is 27.2 Å². The van der Waals surface area contributed by atoms with Gasteiger partial charge in [-0.2, -0.15) is 5.26 Å². The summed E-state index contributed by atoms with van der Waals surface area (Å²) in [6, 6.07) is 10.4. The maximum absolute atomic E-state index is 12.8. The molecule has 6 nitrogen and oxygen atoms in total. The largest absolute Gasteiger partial charge is 0.478 e. The molecule has 0 saturated carbocycles. The summed E-state index contributed by atoms with van der Waals surface area (Å²) in [5.41, 5.74) is 2.96.